The second-order valence-electron chi connectivity index (χ2n) is 7.39. The topological polar surface area (TPSA) is 114 Å². The summed E-state index contributed by atoms with van der Waals surface area (Å²) in [5, 5.41) is 15.9. The molecular weight excluding hydrogens is 406 g/mol. The van der Waals surface area contributed by atoms with Crippen LogP contribution in [0, 0.1) is 13.8 Å². The number of piperidine rings is 1. The monoisotopic (exact) mass is 429 g/mol. The third-order valence-corrected chi connectivity index (χ3v) is 6.31. The molecule has 2 amide bonds. The Bertz CT molecular complexity index is 1110. The molecule has 4 rings (SSSR count). The van der Waals surface area contributed by atoms with Gasteiger partial charge in [-0.25, -0.2) is 4.98 Å². The third kappa shape index (κ3) is 3.66. The number of ether oxygens (including phenoxy) is 1. The highest BCUT2D eigenvalue weighted by molar-refractivity contribution is 7.09. The van der Waals surface area contributed by atoms with Gasteiger partial charge in [0.05, 0.1) is 28.3 Å². The normalized spacial score (nSPS) is 19.0. The number of aromatic nitrogens is 1. The van der Waals surface area contributed by atoms with E-state index in [1.165, 1.54) is 11.3 Å². The van der Waals surface area contributed by atoms with Crippen LogP contribution in [0.15, 0.2) is 28.1 Å². The van der Waals surface area contributed by atoms with Crippen molar-refractivity contribution in [2.45, 2.75) is 38.8 Å². The molecule has 1 unspecified atom stereocenters. The van der Waals surface area contributed by atoms with Crippen molar-refractivity contribution in [3.05, 3.63) is 45.6 Å². The van der Waals surface area contributed by atoms with Crippen LogP contribution >= 0.6 is 11.3 Å². The van der Waals surface area contributed by atoms with Crippen molar-refractivity contribution in [1.82, 2.24) is 15.6 Å². The van der Waals surface area contributed by atoms with Crippen LogP contribution in [-0.4, -0.2) is 40.6 Å². The Balaban J connectivity index is 1.61. The number of rotatable bonds is 6. The zero-order chi connectivity index (χ0) is 21.3. The number of thiazole rings is 1. The summed E-state index contributed by atoms with van der Waals surface area (Å²) >= 11 is 1.53. The zero-order valence-electron chi connectivity index (χ0n) is 16.8. The maximum atomic E-state index is 13.1. The molecule has 0 spiro atoms. The Morgan fingerprint density at radius 1 is 1.43 bits per heavy atom. The van der Waals surface area contributed by atoms with E-state index in [-0.39, 0.29) is 5.91 Å². The van der Waals surface area contributed by atoms with Crippen LogP contribution in [-0.2, 0) is 11.4 Å². The first kappa shape index (κ1) is 20.4. The molecule has 0 radical (unpaired) electrons. The summed E-state index contributed by atoms with van der Waals surface area (Å²) in [6.07, 6.45) is 1.05. The molecule has 1 fully saturated rings. The maximum absolute atomic E-state index is 13.1. The second-order valence-corrected chi connectivity index (χ2v) is 8.33. The largest absolute Gasteiger partial charge is 0.488 e. The molecule has 1 aromatic carbocycles. The Morgan fingerprint density at radius 3 is 2.97 bits per heavy atom. The van der Waals surface area contributed by atoms with Crippen LogP contribution in [0.2, 0.25) is 0 Å². The molecule has 0 aliphatic carbocycles. The molecule has 1 saturated heterocycles. The average molecular weight is 429 g/mol. The Labute approximate surface area is 177 Å². The lowest BCUT2D eigenvalue weighted by atomic mass is 9.89. The van der Waals surface area contributed by atoms with Crippen molar-refractivity contribution in [3.8, 4) is 5.75 Å². The van der Waals surface area contributed by atoms with Crippen LogP contribution in [0.5, 0.6) is 5.75 Å². The maximum Gasteiger partial charge on any atom is 0.256 e. The van der Waals surface area contributed by atoms with Gasteiger partial charge in [-0.3, -0.25) is 9.59 Å². The van der Waals surface area contributed by atoms with E-state index >= 15 is 0 Å². The van der Waals surface area contributed by atoms with Gasteiger partial charge in [-0.1, -0.05) is 0 Å². The SMILES string of the molecule is Cc1ncsc1COc1ccc2oc(C)c(C(=O)NC3(CO)CCCNC3=O)c2c1. The fourth-order valence-corrected chi connectivity index (χ4v) is 4.34. The van der Waals surface area contributed by atoms with E-state index in [1.54, 1.807) is 30.6 Å². The predicted octanol–water partition coefficient (Wildman–Crippen LogP) is 2.46. The Hall–Kier alpha value is -2.91. The van der Waals surface area contributed by atoms with Gasteiger partial charge in [0.1, 0.15) is 29.2 Å². The van der Waals surface area contributed by atoms with E-state index in [0.29, 0.717) is 54.0 Å². The van der Waals surface area contributed by atoms with E-state index in [2.05, 4.69) is 15.6 Å². The van der Waals surface area contributed by atoms with Gasteiger partial charge in [-0.15, -0.1) is 11.3 Å². The molecular formula is C21H23N3O5S. The molecule has 2 aromatic heterocycles. The number of nitrogens with zero attached hydrogens (tertiary/aromatic N) is 1. The van der Waals surface area contributed by atoms with Crippen molar-refractivity contribution < 1.29 is 23.8 Å². The number of nitrogens with one attached hydrogen (secondary N) is 2. The highest BCUT2D eigenvalue weighted by Crippen LogP contribution is 2.30. The van der Waals surface area contributed by atoms with Gasteiger partial charge in [0.15, 0.2) is 0 Å². The molecule has 0 saturated carbocycles. The molecule has 1 aliphatic heterocycles. The van der Waals surface area contributed by atoms with E-state index < -0.39 is 18.1 Å². The number of benzene rings is 1. The summed E-state index contributed by atoms with van der Waals surface area (Å²) in [6, 6.07) is 5.29. The van der Waals surface area contributed by atoms with Crippen LogP contribution < -0.4 is 15.4 Å². The van der Waals surface area contributed by atoms with Gasteiger partial charge in [0.25, 0.3) is 5.91 Å². The molecule has 0 bridgehead atoms. The van der Waals surface area contributed by atoms with E-state index in [0.717, 1.165) is 10.6 Å². The number of carbonyl (C=O) groups is 2. The lowest BCUT2D eigenvalue weighted by molar-refractivity contribution is -0.131. The average Bonchev–Trinajstić information content (AvgIpc) is 3.29. The van der Waals surface area contributed by atoms with E-state index in [1.807, 2.05) is 6.92 Å². The minimum Gasteiger partial charge on any atom is -0.488 e. The molecule has 30 heavy (non-hydrogen) atoms. The van der Waals surface area contributed by atoms with Gasteiger partial charge >= 0.3 is 0 Å². The first-order valence-corrected chi connectivity index (χ1v) is 10.6. The van der Waals surface area contributed by atoms with Gasteiger partial charge in [-0.05, 0) is 44.9 Å². The lowest BCUT2D eigenvalue weighted by Crippen LogP contribution is -2.63. The Kier molecular flexibility index (Phi) is 5.48. The zero-order valence-corrected chi connectivity index (χ0v) is 17.6. The van der Waals surface area contributed by atoms with Crippen LogP contribution in [0.3, 0.4) is 0 Å². The number of aryl methyl sites for hydroxylation is 2. The fourth-order valence-electron chi connectivity index (χ4n) is 3.65. The van der Waals surface area contributed by atoms with Gasteiger partial charge in [-0.2, -0.15) is 0 Å². The summed E-state index contributed by atoms with van der Waals surface area (Å²) < 4.78 is 11.6. The minimum absolute atomic E-state index is 0.329. The van der Waals surface area contributed by atoms with Crippen molar-refractivity contribution in [2.75, 3.05) is 13.2 Å². The highest BCUT2D eigenvalue weighted by Gasteiger charge is 2.42. The molecule has 1 atom stereocenters. The summed E-state index contributed by atoms with van der Waals surface area (Å²) in [7, 11) is 0. The second kappa shape index (κ2) is 8.08. The number of carbonyl (C=O) groups excluding carboxylic acids is 2. The molecule has 3 N–H and O–H groups in total. The van der Waals surface area contributed by atoms with Gasteiger partial charge < -0.3 is 24.9 Å². The quantitative estimate of drug-likeness (QED) is 0.555. The number of aliphatic hydroxyl groups is 1. The van der Waals surface area contributed by atoms with E-state index in [4.69, 9.17) is 9.15 Å². The Morgan fingerprint density at radius 2 is 2.27 bits per heavy atom. The van der Waals surface area contributed by atoms with Crippen molar-refractivity contribution >= 4 is 34.1 Å². The van der Waals surface area contributed by atoms with Crippen molar-refractivity contribution in [2.24, 2.45) is 0 Å². The molecule has 3 heterocycles. The van der Waals surface area contributed by atoms with Gasteiger partial charge in [0, 0.05) is 11.9 Å². The first-order chi connectivity index (χ1) is 14.4. The number of furan rings is 1. The van der Waals surface area contributed by atoms with Gasteiger partial charge in [0.2, 0.25) is 5.91 Å². The highest BCUT2D eigenvalue weighted by atomic mass is 32.1. The lowest BCUT2D eigenvalue weighted by Gasteiger charge is -2.35. The smallest absolute Gasteiger partial charge is 0.256 e. The summed E-state index contributed by atoms with van der Waals surface area (Å²) in [5.74, 6) is 0.187. The fraction of sp³-hybridized carbons (Fsp3) is 0.381. The summed E-state index contributed by atoms with van der Waals surface area (Å²) in [4.78, 5) is 30.7. The van der Waals surface area contributed by atoms with Crippen LogP contribution in [0.1, 0.15) is 39.5 Å². The number of aliphatic hydroxyl groups excluding tert-OH is 1. The van der Waals surface area contributed by atoms with Crippen molar-refractivity contribution in [1.29, 1.82) is 0 Å². The number of amides is 2. The summed E-state index contributed by atoms with van der Waals surface area (Å²) in [6.45, 7) is 4.07. The third-order valence-electron chi connectivity index (χ3n) is 5.40. The molecule has 3 aromatic rings. The molecule has 8 nitrogen and oxygen atoms in total. The molecule has 1 aliphatic rings. The van der Waals surface area contributed by atoms with E-state index in [9.17, 15) is 14.7 Å². The molecule has 9 heteroatoms. The number of hydrogen-bond acceptors (Lipinski definition) is 7. The molecule has 158 valence electrons. The van der Waals surface area contributed by atoms with Crippen LogP contribution in [0.25, 0.3) is 11.0 Å². The van der Waals surface area contributed by atoms with Crippen molar-refractivity contribution in [3.63, 3.8) is 0 Å². The summed E-state index contributed by atoms with van der Waals surface area (Å²) in [5.41, 5.74) is 2.25. The predicted molar refractivity (Wildman–Crippen MR) is 112 cm³/mol. The van der Waals surface area contributed by atoms with Crippen LogP contribution in [0.4, 0.5) is 0 Å². The number of hydrogen-bond donors (Lipinski definition) is 3. The minimum atomic E-state index is -1.33. The first-order valence-electron chi connectivity index (χ1n) is 9.70. The standard InChI is InChI=1S/C21H23N3O5S/c1-12-17(30-11-23-12)9-28-14-4-5-16-15(8-14)18(13(2)29-16)19(26)24-21(10-25)6-3-7-22-20(21)27/h4-5,8,11,25H,3,6-7,9-10H2,1-2H3,(H,22,27)(H,24,26). The number of fused-ring (bicyclic) bond motifs is 1.